The zero-order valence-electron chi connectivity index (χ0n) is 17.5. The van der Waals surface area contributed by atoms with Crippen LogP contribution in [0.5, 0.6) is 17.2 Å². The summed E-state index contributed by atoms with van der Waals surface area (Å²) in [7, 11) is 4.25. The van der Waals surface area contributed by atoms with Crippen LogP contribution in [0.2, 0.25) is 0 Å². The van der Waals surface area contributed by atoms with Crippen molar-refractivity contribution in [3.63, 3.8) is 0 Å². The lowest BCUT2D eigenvalue weighted by molar-refractivity contribution is -0.148. The van der Waals surface area contributed by atoms with Gasteiger partial charge in [0.15, 0.2) is 18.1 Å². The summed E-state index contributed by atoms with van der Waals surface area (Å²) in [6.45, 7) is 0.808. The second-order valence-corrected chi connectivity index (χ2v) is 6.28. The minimum atomic E-state index is -1.05. The molecular weight excluding hydrogens is 411 g/mol. The highest BCUT2D eigenvalue weighted by Crippen LogP contribution is 2.38. The van der Waals surface area contributed by atoms with E-state index in [1.165, 1.54) is 58.6 Å². The fourth-order valence-corrected chi connectivity index (χ4v) is 2.58. The van der Waals surface area contributed by atoms with Gasteiger partial charge in [0.2, 0.25) is 5.75 Å². The third kappa shape index (κ3) is 6.33. The molecule has 0 fully saturated rings. The lowest BCUT2D eigenvalue weighted by Gasteiger charge is -2.16. The lowest BCUT2D eigenvalue weighted by atomic mass is 10.1. The number of amides is 2. The Balaban J connectivity index is 1.94. The maximum absolute atomic E-state index is 13.1. The number of carbonyl (C=O) groups is 3. The van der Waals surface area contributed by atoms with E-state index in [9.17, 15) is 18.8 Å². The Bertz CT molecular complexity index is 939. The third-order valence-corrected chi connectivity index (χ3v) is 4.08. The first-order chi connectivity index (χ1) is 14.8. The van der Waals surface area contributed by atoms with E-state index in [-0.39, 0.29) is 22.7 Å². The first-order valence-electron chi connectivity index (χ1n) is 9.12. The van der Waals surface area contributed by atoms with Crippen LogP contribution in [0.1, 0.15) is 17.3 Å². The summed E-state index contributed by atoms with van der Waals surface area (Å²) in [6, 6.07) is 7.09. The number of nitrogens with one attached hydrogen (secondary N) is 2. The van der Waals surface area contributed by atoms with Gasteiger partial charge in [-0.1, -0.05) is 6.07 Å². The number of hydrogen-bond acceptors (Lipinski definition) is 7. The van der Waals surface area contributed by atoms with Gasteiger partial charge in [-0.2, -0.15) is 0 Å². The molecule has 0 aliphatic carbocycles. The maximum Gasteiger partial charge on any atom is 0.328 e. The second kappa shape index (κ2) is 10.8. The summed E-state index contributed by atoms with van der Waals surface area (Å²) in [5.74, 6) is -1.71. The summed E-state index contributed by atoms with van der Waals surface area (Å²) in [4.78, 5) is 36.5. The van der Waals surface area contributed by atoms with Crippen molar-refractivity contribution in [3.8, 4) is 17.2 Å². The number of carbonyl (C=O) groups excluding carboxylic acids is 3. The van der Waals surface area contributed by atoms with Crippen LogP contribution in [0.15, 0.2) is 36.4 Å². The molecule has 0 heterocycles. The van der Waals surface area contributed by atoms with Crippen LogP contribution in [0.3, 0.4) is 0 Å². The monoisotopic (exact) mass is 434 g/mol. The van der Waals surface area contributed by atoms with Crippen molar-refractivity contribution in [1.29, 1.82) is 0 Å². The molecule has 2 aromatic carbocycles. The Morgan fingerprint density at radius 2 is 1.65 bits per heavy atom. The highest BCUT2D eigenvalue weighted by Gasteiger charge is 2.22. The molecule has 2 aromatic rings. The van der Waals surface area contributed by atoms with Crippen molar-refractivity contribution < 1.29 is 37.7 Å². The molecule has 9 nitrogen and oxygen atoms in total. The maximum atomic E-state index is 13.1. The largest absolute Gasteiger partial charge is 0.493 e. The van der Waals surface area contributed by atoms with Gasteiger partial charge in [0.05, 0.1) is 21.3 Å². The molecule has 1 unspecified atom stereocenters. The minimum absolute atomic E-state index is 0.165. The first-order valence-corrected chi connectivity index (χ1v) is 9.12. The molecule has 0 aliphatic heterocycles. The van der Waals surface area contributed by atoms with Crippen molar-refractivity contribution in [2.45, 2.75) is 13.0 Å². The number of rotatable bonds is 9. The van der Waals surface area contributed by atoms with Crippen molar-refractivity contribution in [2.24, 2.45) is 0 Å². The number of halogens is 1. The molecule has 0 aromatic heterocycles. The number of esters is 1. The van der Waals surface area contributed by atoms with Crippen molar-refractivity contribution in [2.75, 3.05) is 33.3 Å². The molecule has 166 valence electrons. The third-order valence-electron chi connectivity index (χ3n) is 4.08. The Hall–Kier alpha value is -3.82. The lowest BCUT2D eigenvalue weighted by Crippen LogP contribution is -2.40. The number of anilines is 1. The SMILES string of the molecule is COc1cc(C(=O)NC(C)C(=O)OCC(=O)Nc2cccc(F)c2)cc(OC)c1OC. The van der Waals surface area contributed by atoms with Crippen LogP contribution in [0.25, 0.3) is 0 Å². The van der Waals surface area contributed by atoms with E-state index in [1.807, 2.05) is 0 Å². The summed E-state index contributed by atoms with van der Waals surface area (Å²) >= 11 is 0. The van der Waals surface area contributed by atoms with Gasteiger partial charge in [0, 0.05) is 11.3 Å². The van der Waals surface area contributed by atoms with Crippen molar-refractivity contribution >= 4 is 23.5 Å². The predicted molar refractivity (Wildman–Crippen MR) is 109 cm³/mol. The summed E-state index contributed by atoms with van der Waals surface area (Å²) in [6.07, 6.45) is 0. The molecule has 31 heavy (non-hydrogen) atoms. The molecular formula is C21H23FN2O7. The molecule has 10 heteroatoms. The van der Waals surface area contributed by atoms with E-state index >= 15 is 0 Å². The zero-order chi connectivity index (χ0) is 23.0. The van der Waals surface area contributed by atoms with Crippen LogP contribution >= 0.6 is 0 Å². The number of methoxy groups -OCH3 is 3. The fraction of sp³-hybridized carbons (Fsp3) is 0.286. The Kier molecular flexibility index (Phi) is 8.18. The van der Waals surface area contributed by atoms with Crippen LogP contribution < -0.4 is 24.8 Å². The van der Waals surface area contributed by atoms with E-state index in [0.717, 1.165) is 6.07 Å². The smallest absolute Gasteiger partial charge is 0.328 e. The van der Waals surface area contributed by atoms with Gasteiger partial charge in [-0.05, 0) is 37.3 Å². The van der Waals surface area contributed by atoms with Crippen LogP contribution in [0, 0.1) is 5.82 Å². The van der Waals surface area contributed by atoms with E-state index in [0.29, 0.717) is 5.75 Å². The second-order valence-electron chi connectivity index (χ2n) is 6.28. The highest BCUT2D eigenvalue weighted by atomic mass is 19.1. The van der Waals surface area contributed by atoms with E-state index in [2.05, 4.69) is 10.6 Å². The quantitative estimate of drug-likeness (QED) is 0.582. The summed E-state index contributed by atoms with van der Waals surface area (Å²) < 4.78 is 33.6. The van der Waals surface area contributed by atoms with Gasteiger partial charge >= 0.3 is 5.97 Å². The van der Waals surface area contributed by atoms with Gasteiger partial charge < -0.3 is 29.6 Å². The molecule has 0 bridgehead atoms. The fourth-order valence-electron chi connectivity index (χ4n) is 2.58. The van der Waals surface area contributed by atoms with Gasteiger partial charge in [0.1, 0.15) is 11.9 Å². The molecule has 0 radical (unpaired) electrons. The van der Waals surface area contributed by atoms with E-state index in [4.69, 9.17) is 18.9 Å². The minimum Gasteiger partial charge on any atom is -0.493 e. The number of benzene rings is 2. The molecule has 1 atom stereocenters. The molecule has 0 aliphatic rings. The van der Waals surface area contributed by atoms with Crippen LogP contribution in [-0.2, 0) is 14.3 Å². The Morgan fingerprint density at radius 1 is 1.00 bits per heavy atom. The predicted octanol–water partition coefficient (Wildman–Crippen LogP) is 2.15. The first kappa shape index (κ1) is 23.5. The van der Waals surface area contributed by atoms with E-state index < -0.39 is 36.2 Å². The standard InChI is InChI=1S/C21H23FN2O7/c1-12(21(27)31-11-18(25)24-15-7-5-6-14(22)10-15)23-20(26)13-8-16(28-2)19(30-4)17(9-13)29-3/h5-10,12H,11H2,1-4H3,(H,23,26)(H,24,25). The number of hydrogen-bond donors (Lipinski definition) is 2. The average Bonchev–Trinajstić information content (AvgIpc) is 2.76. The van der Waals surface area contributed by atoms with Gasteiger partial charge in [-0.15, -0.1) is 0 Å². The normalized spacial score (nSPS) is 11.1. The topological polar surface area (TPSA) is 112 Å². The molecule has 2 N–H and O–H groups in total. The average molecular weight is 434 g/mol. The molecule has 2 rings (SSSR count). The van der Waals surface area contributed by atoms with E-state index in [1.54, 1.807) is 0 Å². The number of ether oxygens (including phenoxy) is 4. The molecule has 0 saturated heterocycles. The Labute approximate surface area is 178 Å². The zero-order valence-corrected chi connectivity index (χ0v) is 17.5. The summed E-state index contributed by atoms with van der Waals surface area (Å²) in [5.41, 5.74) is 0.391. The summed E-state index contributed by atoms with van der Waals surface area (Å²) in [5, 5.41) is 4.87. The van der Waals surface area contributed by atoms with Gasteiger partial charge in [0.25, 0.3) is 11.8 Å². The van der Waals surface area contributed by atoms with Crippen molar-refractivity contribution in [1.82, 2.24) is 5.32 Å². The molecule has 0 spiro atoms. The van der Waals surface area contributed by atoms with Crippen molar-refractivity contribution in [3.05, 3.63) is 47.8 Å². The highest BCUT2D eigenvalue weighted by molar-refractivity contribution is 5.98. The van der Waals surface area contributed by atoms with Gasteiger partial charge in [-0.3, -0.25) is 9.59 Å². The van der Waals surface area contributed by atoms with Gasteiger partial charge in [-0.25, -0.2) is 9.18 Å². The van der Waals surface area contributed by atoms with Crippen LogP contribution in [0.4, 0.5) is 10.1 Å². The molecule has 0 saturated carbocycles. The molecule has 2 amide bonds. The Morgan fingerprint density at radius 3 is 2.19 bits per heavy atom. The van der Waals surface area contributed by atoms with Crippen LogP contribution in [-0.4, -0.2) is 51.8 Å².